The molecular formula is C14H16BrN3. The van der Waals surface area contributed by atoms with Crippen LogP contribution < -0.4 is 5.73 Å². The maximum Gasteiger partial charge on any atom is 0.125 e. The Bertz CT molecular complexity index is 562. The van der Waals surface area contributed by atoms with Crippen molar-refractivity contribution in [3.8, 4) is 0 Å². The first kappa shape index (κ1) is 11.9. The van der Waals surface area contributed by atoms with E-state index in [1.54, 1.807) is 0 Å². The molecule has 94 valence electrons. The molecule has 1 aliphatic heterocycles. The maximum absolute atomic E-state index is 6.09. The number of halogens is 1. The fourth-order valence-corrected chi connectivity index (χ4v) is 2.92. The van der Waals surface area contributed by atoms with Crippen molar-refractivity contribution >= 4 is 15.9 Å². The summed E-state index contributed by atoms with van der Waals surface area (Å²) < 4.78 is 3.35. The molecule has 0 spiro atoms. The molecule has 1 aliphatic rings. The third-order valence-corrected chi connectivity index (χ3v) is 4.21. The molecule has 0 fully saturated rings. The Morgan fingerprint density at radius 2 is 2.22 bits per heavy atom. The highest BCUT2D eigenvalue weighted by atomic mass is 79.9. The number of nitrogens with zero attached hydrogens (tertiary/aromatic N) is 2. The number of benzene rings is 1. The van der Waals surface area contributed by atoms with Crippen molar-refractivity contribution < 1.29 is 0 Å². The van der Waals surface area contributed by atoms with Crippen molar-refractivity contribution in [1.82, 2.24) is 9.55 Å². The van der Waals surface area contributed by atoms with Gasteiger partial charge in [0.1, 0.15) is 5.82 Å². The van der Waals surface area contributed by atoms with Crippen LogP contribution in [0.1, 0.15) is 36.0 Å². The minimum Gasteiger partial charge on any atom is -0.333 e. The van der Waals surface area contributed by atoms with Gasteiger partial charge >= 0.3 is 0 Å². The van der Waals surface area contributed by atoms with Gasteiger partial charge in [0.2, 0.25) is 0 Å². The van der Waals surface area contributed by atoms with Gasteiger partial charge in [-0.15, -0.1) is 0 Å². The predicted octanol–water partition coefficient (Wildman–Crippen LogP) is 3.03. The maximum atomic E-state index is 6.09. The Labute approximate surface area is 115 Å². The van der Waals surface area contributed by atoms with Crippen molar-refractivity contribution in [2.45, 2.75) is 31.8 Å². The summed E-state index contributed by atoms with van der Waals surface area (Å²) in [4.78, 5) is 4.69. The molecule has 0 radical (unpaired) electrons. The number of imidazole rings is 1. The largest absolute Gasteiger partial charge is 0.333 e. The summed E-state index contributed by atoms with van der Waals surface area (Å²) in [7, 11) is 0. The minimum absolute atomic E-state index is 0.103. The van der Waals surface area contributed by atoms with E-state index in [9.17, 15) is 0 Å². The fourth-order valence-electron chi connectivity index (χ4n) is 2.49. The Balaban J connectivity index is 1.88. The van der Waals surface area contributed by atoms with Gasteiger partial charge in [-0.3, -0.25) is 0 Å². The van der Waals surface area contributed by atoms with Crippen molar-refractivity contribution in [3.05, 3.63) is 52.0 Å². The van der Waals surface area contributed by atoms with E-state index in [4.69, 9.17) is 5.73 Å². The van der Waals surface area contributed by atoms with Crippen LogP contribution in [0.5, 0.6) is 0 Å². The van der Waals surface area contributed by atoms with Crippen LogP contribution in [0.15, 0.2) is 34.9 Å². The van der Waals surface area contributed by atoms with Crippen molar-refractivity contribution in [2.75, 3.05) is 0 Å². The van der Waals surface area contributed by atoms with E-state index in [1.807, 2.05) is 6.07 Å². The molecule has 3 rings (SSSR count). The van der Waals surface area contributed by atoms with E-state index in [0.29, 0.717) is 0 Å². The molecule has 0 saturated carbocycles. The smallest absolute Gasteiger partial charge is 0.125 e. The first-order chi connectivity index (χ1) is 8.74. The molecule has 18 heavy (non-hydrogen) atoms. The van der Waals surface area contributed by atoms with Crippen LogP contribution in [0.2, 0.25) is 0 Å². The lowest BCUT2D eigenvalue weighted by molar-refractivity contribution is 0.451. The number of nitrogens with two attached hydrogens (primary N) is 1. The molecule has 0 amide bonds. The second-order valence-electron chi connectivity index (χ2n) is 4.80. The number of hydrogen-bond donors (Lipinski definition) is 1. The Morgan fingerprint density at radius 3 is 3.00 bits per heavy atom. The molecular weight excluding hydrogens is 290 g/mol. The summed E-state index contributed by atoms with van der Waals surface area (Å²) in [5.74, 6) is 1.04. The normalized spacial score (nSPS) is 18.7. The Kier molecular flexibility index (Phi) is 3.22. The number of aromatic nitrogens is 2. The molecule has 2 N–H and O–H groups in total. The van der Waals surface area contributed by atoms with Gasteiger partial charge in [-0.05, 0) is 24.5 Å². The zero-order valence-corrected chi connectivity index (χ0v) is 11.7. The van der Waals surface area contributed by atoms with Crippen LogP contribution in [0, 0.1) is 0 Å². The number of rotatable bonds is 2. The van der Waals surface area contributed by atoms with Gasteiger partial charge in [0.15, 0.2) is 0 Å². The first-order valence-electron chi connectivity index (χ1n) is 6.29. The average molecular weight is 306 g/mol. The highest BCUT2D eigenvalue weighted by molar-refractivity contribution is 9.10. The number of hydrogen-bond acceptors (Lipinski definition) is 2. The van der Waals surface area contributed by atoms with E-state index in [2.05, 4.69) is 49.9 Å². The van der Waals surface area contributed by atoms with E-state index in [0.717, 1.165) is 41.8 Å². The first-order valence-corrected chi connectivity index (χ1v) is 7.08. The lowest BCUT2D eigenvalue weighted by Crippen LogP contribution is -2.21. The van der Waals surface area contributed by atoms with Gasteiger partial charge < -0.3 is 10.3 Å². The van der Waals surface area contributed by atoms with Crippen molar-refractivity contribution in [3.63, 3.8) is 0 Å². The summed E-state index contributed by atoms with van der Waals surface area (Å²) in [6.45, 7) is 1.05. The van der Waals surface area contributed by atoms with E-state index < -0.39 is 0 Å². The van der Waals surface area contributed by atoms with E-state index in [1.165, 1.54) is 5.56 Å². The SMILES string of the molecule is NC1CCCn2cc(Cc3ccccc3Br)nc21. The van der Waals surface area contributed by atoms with Crippen molar-refractivity contribution in [1.29, 1.82) is 0 Å². The third kappa shape index (κ3) is 2.22. The summed E-state index contributed by atoms with van der Waals surface area (Å²) in [6, 6.07) is 8.38. The lowest BCUT2D eigenvalue weighted by atomic mass is 10.1. The fraction of sp³-hybridized carbons (Fsp3) is 0.357. The highest BCUT2D eigenvalue weighted by Gasteiger charge is 2.19. The molecule has 2 heterocycles. The number of aryl methyl sites for hydroxylation is 1. The molecule has 1 unspecified atom stereocenters. The van der Waals surface area contributed by atoms with Gasteiger partial charge in [0, 0.05) is 23.6 Å². The quantitative estimate of drug-likeness (QED) is 0.927. The molecule has 2 aromatic rings. The van der Waals surface area contributed by atoms with Gasteiger partial charge in [0.25, 0.3) is 0 Å². The standard InChI is InChI=1S/C14H16BrN3/c15-12-5-2-1-4-10(12)8-11-9-18-7-3-6-13(16)14(18)17-11/h1-2,4-5,9,13H,3,6-8,16H2. The highest BCUT2D eigenvalue weighted by Crippen LogP contribution is 2.24. The van der Waals surface area contributed by atoms with Gasteiger partial charge in [0.05, 0.1) is 11.7 Å². The summed E-state index contributed by atoms with van der Waals surface area (Å²) >= 11 is 3.58. The van der Waals surface area contributed by atoms with Gasteiger partial charge in [-0.1, -0.05) is 34.1 Å². The van der Waals surface area contributed by atoms with Crippen LogP contribution in [-0.4, -0.2) is 9.55 Å². The summed E-state index contributed by atoms with van der Waals surface area (Å²) in [5, 5.41) is 0. The molecule has 0 saturated heterocycles. The lowest BCUT2D eigenvalue weighted by Gasteiger charge is -2.19. The molecule has 0 bridgehead atoms. The predicted molar refractivity (Wildman–Crippen MR) is 75.3 cm³/mol. The van der Waals surface area contributed by atoms with Crippen LogP contribution >= 0.6 is 15.9 Å². The van der Waals surface area contributed by atoms with Crippen molar-refractivity contribution in [2.24, 2.45) is 5.73 Å². The second-order valence-corrected chi connectivity index (χ2v) is 5.66. The second kappa shape index (κ2) is 4.86. The molecule has 3 nitrogen and oxygen atoms in total. The minimum atomic E-state index is 0.103. The average Bonchev–Trinajstić information content (AvgIpc) is 2.76. The van der Waals surface area contributed by atoms with Crippen LogP contribution in [0.25, 0.3) is 0 Å². The van der Waals surface area contributed by atoms with Crippen LogP contribution in [0.3, 0.4) is 0 Å². The zero-order valence-electron chi connectivity index (χ0n) is 10.1. The van der Waals surface area contributed by atoms with Gasteiger partial charge in [-0.2, -0.15) is 0 Å². The molecule has 1 aromatic heterocycles. The third-order valence-electron chi connectivity index (χ3n) is 3.43. The molecule has 0 aliphatic carbocycles. The van der Waals surface area contributed by atoms with Crippen LogP contribution in [-0.2, 0) is 13.0 Å². The molecule has 1 aromatic carbocycles. The Hall–Kier alpha value is -1.13. The van der Waals surface area contributed by atoms with E-state index in [-0.39, 0.29) is 6.04 Å². The van der Waals surface area contributed by atoms with Crippen LogP contribution in [0.4, 0.5) is 0 Å². The molecule has 4 heteroatoms. The number of fused-ring (bicyclic) bond motifs is 1. The monoisotopic (exact) mass is 305 g/mol. The Morgan fingerprint density at radius 1 is 1.39 bits per heavy atom. The summed E-state index contributed by atoms with van der Waals surface area (Å²) in [6.07, 6.45) is 5.20. The van der Waals surface area contributed by atoms with E-state index >= 15 is 0 Å². The topological polar surface area (TPSA) is 43.8 Å². The zero-order chi connectivity index (χ0) is 12.5. The summed E-state index contributed by atoms with van der Waals surface area (Å²) in [5.41, 5.74) is 8.46. The van der Waals surface area contributed by atoms with Gasteiger partial charge in [-0.25, -0.2) is 4.98 Å². The molecule has 1 atom stereocenters.